The number of fused-ring (bicyclic) bond motifs is 2. The normalized spacial score (nSPS) is 12.6. The average molecular weight is 367 g/mol. The van der Waals surface area contributed by atoms with Crippen molar-refractivity contribution in [2.75, 3.05) is 0 Å². The van der Waals surface area contributed by atoms with E-state index in [0.29, 0.717) is 5.56 Å². The second-order valence-electron chi connectivity index (χ2n) is 6.58. The van der Waals surface area contributed by atoms with E-state index < -0.39 is 0 Å². The van der Waals surface area contributed by atoms with Crippen LogP contribution in [-0.4, -0.2) is 15.7 Å². The second-order valence-corrected chi connectivity index (χ2v) is 6.58. The molecule has 4 aromatic rings. The summed E-state index contributed by atoms with van der Waals surface area (Å²) in [5.41, 5.74) is 3.39. The first-order valence-corrected chi connectivity index (χ1v) is 9.06. The molecule has 0 bridgehead atoms. The third-order valence-electron chi connectivity index (χ3n) is 4.85. The maximum atomic E-state index is 13.0. The molecule has 0 atom stereocenters. The Kier molecular flexibility index (Phi) is 3.91. The molecule has 0 saturated heterocycles. The Hall–Kier alpha value is -3.86. The van der Waals surface area contributed by atoms with Gasteiger partial charge in [-0.2, -0.15) is 5.10 Å². The first-order valence-electron chi connectivity index (χ1n) is 9.06. The molecule has 0 spiro atoms. The molecule has 1 aliphatic heterocycles. The number of hydrogen-bond acceptors (Lipinski definition) is 3. The molecule has 0 aliphatic carbocycles. The molecule has 0 radical (unpaired) electrons. The van der Waals surface area contributed by atoms with Crippen LogP contribution in [0.3, 0.4) is 0 Å². The Morgan fingerprint density at radius 3 is 2.11 bits per heavy atom. The topological polar surface area (TPSA) is 56.1 Å². The van der Waals surface area contributed by atoms with Crippen molar-refractivity contribution in [1.29, 1.82) is 0 Å². The van der Waals surface area contributed by atoms with Crippen LogP contribution in [0.5, 0.6) is 11.5 Å². The molecule has 1 aromatic heterocycles. The van der Waals surface area contributed by atoms with Crippen molar-refractivity contribution in [3.8, 4) is 17.2 Å². The highest BCUT2D eigenvalue weighted by Gasteiger charge is 2.28. The van der Waals surface area contributed by atoms with E-state index >= 15 is 0 Å². The highest BCUT2D eigenvalue weighted by atomic mass is 16.5. The fraction of sp³-hybridized carbons (Fsp3) is 0.0435. The molecule has 5 nitrogen and oxygen atoms in total. The van der Waals surface area contributed by atoms with Crippen molar-refractivity contribution in [2.45, 2.75) is 6.04 Å². The number of para-hydroxylation sites is 2. The van der Waals surface area contributed by atoms with E-state index in [9.17, 15) is 4.79 Å². The van der Waals surface area contributed by atoms with Crippen LogP contribution in [0.4, 0.5) is 0 Å². The predicted molar refractivity (Wildman–Crippen MR) is 106 cm³/mol. The van der Waals surface area contributed by atoms with Gasteiger partial charge >= 0.3 is 0 Å². The maximum Gasteiger partial charge on any atom is 0.252 e. The van der Waals surface area contributed by atoms with Crippen molar-refractivity contribution >= 4 is 5.91 Å². The zero-order valence-electron chi connectivity index (χ0n) is 14.9. The molecule has 5 rings (SSSR count). The van der Waals surface area contributed by atoms with E-state index in [4.69, 9.17) is 4.74 Å². The molecule has 0 fully saturated rings. The van der Waals surface area contributed by atoms with Gasteiger partial charge in [-0.3, -0.25) is 4.79 Å². The number of amides is 1. The van der Waals surface area contributed by atoms with Gasteiger partial charge in [0, 0.05) is 29.1 Å². The molecule has 2 heterocycles. The lowest BCUT2D eigenvalue weighted by atomic mass is 9.94. The van der Waals surface area contributed by atoms with Gasteiger partial charge in [0.15, 0.2) is 0 Å². The van der Waals surface area contributed by atoms with Gasteiger partial charge in [0.25, 0.3) is 5.91 Å². The van der Waals surface area contributed by atoms with E-state index in [1.165, 1.54) is 0 Å². The number of rotatable bonds is 3. The van der Waals surface area contributed by atoms with E-state index in [1.807, 2.05) is 85.1 Å². The highest BCUT2D eigenvalue weighted by Crippen LogP contribution is 2.42. The largest absolute Gasteiger partial charge is 0.457 e. The summed E-state index contributed by atoms with van der Waals surface area (Å²) < 4.78 is 7.75. The van der Waals surface area contributed by atoms with Crippen LogP contribution < -0.4 is 10.1 Å². The summed E-state index contributed by atoms with van der Waals surface area (Å²) in [7, 11) is 0. The molecule has 1 amide bonds. The van der Waals surface area contributed by atoms with Crippen molar-refractivity contribution in [1.82, 2.24) is 15.1 Å². The summed E-state index contributed by atoms with van der Waals surface area (Å²) in [6, 6.07) is 24.6. The summed E-state index contributed by atoms with van der Waals surface area (Å²) in [5.74, 6) is 1.39. The number of hydrogen-bond donors (Lipinski definition) is 1. The molecule has 3 aromatic carbocycles. The Labute approximate surface area is 162 Å². The summed E-state index contributed by atoms with van der Waals surface area (Å²) >= 11 is 0. The molecule has 0 unspecified atom stereocenters. The Balaban J connectivity index is 1.45. The van der Waals surface area contributed by atoms with Crippen LogP contribution in [0.1, 0.15) is 27.5 Å². The van der Waals surface area contributed by atoms with E-state index in [-0.39, 0.29) is 11.9 Å². The number of nitrogens with zero attached hydrogens (tertiary/aromatic N) is 2. The van der Waals surface area contributed by atoms with Crippen LogP contribution in [0.15, 0.2) is 91.3 Å². The Bertz CT molecular complexity index is 1090. The minimum absolute atomic E-state index is 0.136. The van der Waals surface area contributed by atoms with Gasteiger partial charge in [-0.25, -0.2) is 4.68 Å². The SMILES string of the molecule is O=C(NC1c2ccccc2Oc2ccccc21)c1ccc(-n2cccn2)cc1. The average Bonchev–Trinajstić information content (AvgIpc) is 3.28. The van der Waals surface area contributed by atoms with Gasteiger partial charge in [-0.05, 0) is 42.5 Å². The van der Waals surface area contributed by atoms with Crippen LogP contribution in [-0.2, 0) is 0 Å². The highest BCUT2D eigenvalue weighted by molar-refractivity contribution is 5.95. The van der Waals surface area contributed by atoms with Gasteiger partial charge in [0.2, 0.25) is 0 Å². The van der Waals surface area contributed by atoms with Crippen molar-refractivity contribution < 1.29 is 9.53 Å². The molecule has 1 aliphatic rings. The molecule has 5 heteroatoms. The van der Waals surface area contributed by atoms with Gasteiger partial charge in [-0.1, -0.05) is 36.4 Å². The summed E-state index contributed by atoms with van der Waals surface area (Å²) in [6.07, 6.45) is 3.59. The predicted octanol–water partition coefficient (Wildman–Crippen LogP) is 4.50. The van der Waals surface area contributed by atoms with Crippen molar-refractivity contribution in [3.63, 3.8) is 0 Å². The van der Waals surface area contributed by atoms with E-state index in [2.05, 4.69) is 10.4 Å². The number of carbonyl (C=O) groups excluding carboxylic acids is 1. The summed E-state index contributed by atoms with van der Waals surface area (Å²) in [4.78, 5) is 13.0. The fourth-order valence-corrected chi connectivity index (χ4v) is 3.47. The second kappa shape index (κ2) is 6.70. The van der Waals surface area contributed by atoms with Crippen molar-refractivity contribution in [2.24, 2.45) is 0 Å². The fourth-order valence-electron chi connectivity index (χ4n) is 3.47. The van der Waals surface area contributed by atoms with Crippen LogP contribution in [0.2, 0.25) is 0 Å². The number of nitrogens with one attached hydrogen (secondary N) is 1. The zero-order valence-corrected chi connectivity index (χ0v) is 14.9. The van der Waals surface area contributed by atoms with E-state index in [1.54, 1.807) is 10.9 Å². The summed E-state index contributed by atoms with van der Waals surface area (Å²) in [6.45, 7) is 0. The molecular weight excluding hydrogens is 350 g/mol. The molecule has 1 N–H and O–H groups in total. The molecule has 28 heavy (non-hydrogen) atoms. The minimum Gasteiger partial charge on any atom is -0.457 e. The number of ether oxygens (including phenoxy) is 1. The quantitative estimate of drug-likeness (QED) is 0.580. The number of aromatic nitrogens is 2. The van der Waals surface area contributed by atoms with Crippen molar-refractivity contribution in [3.05, 3.63) is 108 Å². The first kappa shape index (κ1) is 16.3. The number of carbonyl (C=O) groups is 1. The Morgan fingerprint density at radius 1 is 0.857 bits per heavy atom. The van der Waals surface area contributed by atoms with Crippen LogP contribution in [0, 0.1) is 0 Å². The van der Waals surface area contributed by atoms with Gasteiger partial charge in [-0.15, -0.1) is 0 Å². The standard InChI is InChI=1S/C23H17N3O2/c27-23(16-10-12-17(13-11-16)26-15-5-14-24-26)25-22-18-6-1-3-8-20(18)28-21-9-4-2-7-19(21)22/h1-15,22H,(H,25,27). The van der Waals surface area contributed by atoms with E-state index in [0.717, 1.165) is 28.3 Å². The smallest absolute Gasteiger partial charge is 0.252 e. The van der Waals surface area contributed by atoms with Gasteiger partial charge < -0.3 is 10.1 Å². The lowest BCUT2D eigenvalue weighted by molar-refractivity contribution is 0.0941. The van der Waals surface area contributed by atoms with Crippen LogP contribution in [0.25, 0.3) is 5.69 Å². The summed E-state index contributed by atoms with van der Waals surface area (Å²) in [5, 5.41) is 7.37. The Morgan fingerprint density at radius 2 is 1.50 bits per heavy atom. The molecule has 0 saturated carbocycles. The van der Waals surface area contributed by atoms with Gasteiger partial charge in [0.05, 0.1) is 11.7 Å². The zero-order chi connectivity index (χ0) is 18.9. The molecule has 136 valence electrons. The maximum absolute atomic E-state index is 13.0. The first-order chi connectivity index (χ1) is 13.8. The number of benzene rings is 3. The minimum atomic E-state index is -0.264. The third kappa shape index (κ3) is 2.83. The van der Waals surface area contributed by atoms with Gasteiger partial charge in [0.1, 0.15) is 11.5 Å². The molecular formula is C23H17N3O2. The lowest BCUT2D eigenvalue weighted by Gasteiger charge is -2.28. The third-order valence-corrected chi connectivity index (χ3v) is 4.85. The lowest BCUT2D eigenvalue weighted by Crippen LogP contribution is -2.31. The monoisotopic (exact) mass is 367 g/mol. The van der Waals surface area contributed by atoms with Crippen LogP contribution >= 0.6 is 0 Å².